The number of carbonyl (C=O) groups is 3. The van der Waals surface area contributed by atoms with Crippen LogP contribution in [0.1, 0.15) is 94.5 Å². The summed E-state index contributed by atoms with van der Waals surface area (Å²) in [6.45, 7) is 6.90. The van der Waals surface area contributed by atoms with Crippen LogP contribution in [-0.2, 0) is 16.0 Å². The highest BCUT2D eigenvalue weighted by atomic mass is 16.5. The maximum atomic E-state index is 13.7. The zero-order chi connectivity index (χ0) is 30.8. The molecule has 1 saturated carbocycles. The van der Waals surface area contributed by atoms with Gasteiger partial charge in [0.25, 0.3) is 5.91 Å². The van der Waals surface area contributed by atoms with Gasteiger partial charge in [-0.3, -0.25) is 14.4 Å². The fraction of sp³-hybridized carbons (Fsp3) is 0.571. The van der Waals surface area contributed by atoms with Crippen LogP contribution in [-0.4, -0.2) is 54.2 Å². The zero-order valence-electron chi connectivity index (χ0n) is 26.0. The molecule has 0 unspecified atom stereocenters. The van der Waals surface area contributed by atoms with Crippen molar-refractivity contribution in [1.29, 1.82) is 0 Å². The number of benzene rings is 2. The monoisotopic (exact) mass is 591 g/mol. The first-order chi connectivity index (χ1) is 20.7. The Morgan fingerprint density at radius 3 is 2.44 bits per heavy atom. The molecule has 1 heterocycles. The van der Waals surface area contributed by atoms with Crippen molar-refractivity contribution in [3.63, 3.8) is 0 Å². The number of rotatable bonds is 14. The highest BCUT2D eigenvalue weighted by Crippen LogP contribution is 2.29. The molecule has 8 nitrogen and oxygen atoms in total. The first kappa shape index (κ1) is 32.5. The number of hydrogen-bond acceptors (Lipinski definition) is 5. The van der Waals surface area contributed by atoms with Crippen molar-refractivity contribution in [2.45, 2.75) is 103 Å². The molecule has 0 aromatic heterocycles. The van der Waals surface area contributed by atoms with E-state index >= 15 is 0 Å². The van der Waals surface area contributed by atoms with Crippen LogP contribution < -0.4 is 20.3 Å². The van der Waals surface area contributed by atoms with Crippen LogP contribution in [0.15, 0.2) is 48.5 Å². The van der Waals surface area contributed by atoms with E-state index in [0.29, 0.717) is 48.8 Å². The Morgan fingerprint density at radius 2 is 1.77 bits per heavy atom. The molecule has 0 spiro atoms. The standard InChI is InChI=1S/C35H49N3O5/c1-24(2)43-30-22-28(21-29(23-30)38-18-10-15-33(38)40)35(42)37-31(20-27-13-8-5-9-14-27)32(39)19-25(3)34(41)36-17-16-26-11-6-4-7-12-26/h5,8-9,13-14,21-26,31-32,39H,4,6-7,10-12,15-20H2,1-3H3,(H,36,41)(H,37,42)/t25-,31+,32-/m1/s1. The summed E-state index contributed by atoms with van der Waals surface area (Å²) >= 11 is 0. The van der Waals surface area contributed by atoms with E-state index in [0.717, 1.165) is 18.4 Å². The average molecular weight is 592 g/mol. The molecule has 1 saturated heterocycles. The first-order valence-electron chi connectivity index (χ1n) is 16.1. The van der Waals surface area contributed by atoms with Gasteiger partial charge >= 0.3 is 0 Å². The van der Waals surface area contributed by atoms with Gasteiger partial charge in [-0.2, -0.15) is 0 Å². The minimum Gasteiger partial charge on any atom is -0.491 e. The van der Waals surface area contributed by atoms with Crippen molar-refractivity contribution in [3.05, 3.63) is 59.7 Å². The van der Waals surface area contributed by atoms with Gasteiger partial charge in [0.2, 0.25) is 11.8 Å². The fourth-order valence-corrected chi connectivity index (χ4v) is 6.22. The second-order valence-electron chi connectivity index (χ2n) is 12.6. The van der Waals surface area contributed by atoms with Gasteiger partial charge in [0.15, 0.2) is 0 Å². The predicted octanol–water partition coefficient (Wildman–Crippen LogP) is 5.42. The molecule has 0 bridgehead atoms. The van der Waals surface area contributed by atoms with Gasteiger partial charge in [0.1, 0.15) is 5.75 Å². The normalized spacial score (nSPS) is 17.9. The molecule has 3 amide bonds. The lowest BCUT2D eigenvalue weighted by Gasteiger charge is -2.27. The molecule has 1 aliphatic carbocycles. The van der Waals surface area contributed by atoms with Crippen molar-refractivity contribution >= 4 is 23.4 Å². The third-order valence-electron chi connectivity index (χ3n) is 8.61. The Balaban J connectivity index is 1.45. The maximum absolute atomic E-state index is 13.7. The number of nitrogens with one attached hydrogen (secondary N) is 2. The smallest absolute Gasteiger partial charge is 0.251 e. The molecule has 2 aromatic rings. The summed E-state index contributed by atoms with van der Waals surface area (Å²) in [6, 6.07) is 14.2. The Hall–Kier alpha value is -3.39. The topological polar surface area (TPSA) is 108 Å². The zero-order valence-corrected chi connectivity index (χ0v) is 26.0. The van der Waals surface area contributed by atoms with Crippen LogP contribution in [0.2, 0.25) is 0 Å². The number of hydrogen-bond donors (Lipinski definition) is 3. The van der Waals surface area contributed by atoms with E-state index < -0.39 is 18.1 Å². The minimum atomic E-state index is -0.946. The van der Waals surface area contributed by atoms with E-state index in [9.17, 15) is 19.5 Å². The van der Waals surface area contributed by atoms with Gasteiger partial charge in [0, 0.05) is 42.7 Å². The molecule has 3 N–H and O–H groups in total. The number of ether oxygens (including phenoxy) is 1. The molecular formula is C35H49N3O5. The molecule has 4 rings (SSSR count). The van der Waals surface area contributed by atoms with E-state index in [1.165, 1.54) is 32.1 Å². The van der Waals surface area contributed by atoms with E-state index in [1.54, 1.807) is 23.1 Å². The van der Waals surface area contributed by atoms with Gasteiger partial charge in [0.05, 0.1) is 18.2 Å². The van der Waals surface area contributed by atoms with Gasteiger partial charge in [-0.15, -0.1) is 0 Å². The maximum Gasteiger partial charge on any atom is 0.251 e. The van der Waals surface area contributed by atoms with E-state index in [-0.39, 0.29) is 30.2 Å². The lowest BCUT2D eigenvalue weighted by Crippen LogP contribution is -2.46. The van der Waals surface area contributed by atoms with Crippen molar-refractivity contribution in [3.8, 4) is 5.75 Å². The highest BCUT2D eigenvalue weighted by Gasteiger charge is 2.28. The summed E-state index contributed by atoms with van der Waals surface area (Å²) in [7, 11) is 0. The predicted molar refractivity (Wildman–Crippen MR) is 169 cm³/mol. The minimum absolute atomic E-state index is 0.0245. The number of amides is 3. The van der Waals surface area contributed by atoms with Crippen LogP contribution in [0.4, 0.5) is 5.69 Å². The Morgan fingerprint density at radius 1 is 1.02 bits per heavy atom. The molecule has 8 heteroatoms. The summed E-state index contributed by atoms with van der Waals surface area (Å²) in [5.41, 5.74) is 1.95. The third-order valence-corrected chi connectivity index (χ3v) is 8.61. The van der Waals surface area contributed by atoms with Crippen LogP contribution in [0.5, 0.6) is 5.75 Å². The molecule has 43 heavy (non-hydrogen) atoms. The Labute approximate surface area is 256 Å². The second kappa shape index (κ2) is 15.9. The lowest BCUT2D eigenvalue weighted by atomic mass is 9.87. The SMILES string of the molecule is CC(C)Oc1cc(C(=O)N[C@@H](Cc2ccccc2)[C@H](O)C[C@@H](C)C(=O)NCCC2CCCCC2)cc(N2CCCC2=O)c1. The largest absolute Gasteiger partial charge is 0.491 e. The van der Waals surface area contributed by atoms with Gasteiger partial charge in [-0.05, 0) is 63.1 Å². The van der Waals surface area contributed by atoms with Gasteiger partial charge in [-0.1, -0.05) is 69.4 Å². The van der Waals surface area contributed by atoms with Crippen molar-refractivity contribution in [2.75, 3.05) is 18.0 Å². The van der Waals surface area contributed by atoms with Crippen LogP contribution >= 0.6 is 0 Å². The van der Waals surface area contributed by atoms with E-state index in [4.69, 9.17) is 4.74 Å². The Bertz CT molecular complexity index is 1210. The summed E-state index contributed by atoms with van der Waals surface area (Å²) in [5, 5.41) is 17.5. The number of aliphatic hydroxyl groups excluding tert-OH is 1. The molecule has 2 aromatic carbocycles. The number of carbonyl (C=O) groups excluding carboxylic acids is 3. The van der Waals surface area contributed by atoms with Gasteiger partial charge in [-0.25, -0.2) is 0 Å². The highest BCUT2D eigenvalue weighted by molar-refractivity contribution is 5.99. The number of aliphatic hydroxyl groups is 1. The van der Waals surface area contributed by atoms with Crippen LogP contribution in [0, 0.1) is 11.8 Å². The number of nitrogens with zero attached hydrogens (tertiary/aromatic N) is 1. The third kappa shape index (κ3) is 9.82. The molecular weight excluding hydrogens is 542 g/mol. The molecule has 234 valence electrons. The quantitative estimate of drug-likeness (QED) is 0.272. The van der Waals surface area contributed by atoms with Crippen molar-refractivity contribution in [1.82, 2.24) is 10.6 Å². The lowest BCUT2D eigenvalue weighted by molar-refractivity contribution is -0.125. The van der Waals surface area contributed by atoms with Crippen molar-refractivity contribution < 1.29 is 24.2 Å². The molecule has 2 fully saturated rings. The first-order valence-corrected chi connectivity index (χ1v) is 16.1. The molecule has 1 aliphatic heterocycles. The van der Waals surface area contributed by atoms with Crippen LogP contribution in [0.25, 0.3) is 0 Å². The Kier molecular flexibility index (Phi) is 12.0. The van der Waals surface area contributed by atoms with Crippen LogP contribution in [0.3, 0.4) is 0 Å². The molecule has 0 radical (unpaired) electrons. The van der Waals surface area contributed by atoms with Gasteiger partial charge < -0.3 is 25.4 Å². The molecule has 2 aliphatic rings. The molecule has 3 atom stereocenters. The van der Waals surface area contributed by atoms with Crippen molar-refractivity contribution in [2.24, 2.45) is 11.8 Å². The second-order valence-corrected chi connectivity index (χ2v) is 12.6. The summed E-state index contributed by atoms with van der Waals surface area (Å²) in [6.07, 6.45) is 8.18. The van der Waals surface area contributed by atoms with E-state index in [2.05, 4.69) is 10.6 Å². The fourth-order valence-electron chi connectivity index (χ4n) is 6.22. The average Bonchev–Trinajstić information content (AvgIpc) is 3.43. The summed E-state index contributed by atoms with van der Waals surface area (Å²) in [4.78, 5) is 40.8. The van der Waals surface area contributed by atoms with E-state index in [1.807, 2.05) is 51.1 Å². The summed E-state index contributed by atoms with van der Waals surface area (Å²) < 4.78 is 5.93. The number of anilines is 1. The summed E-state index contributed by atoms with van der Waals surface area (Å²) in [5.74, 6) is 0.373.